The van der Waals surface area contributed by atoms with Crippen LogP contribution in [0.5, 0.6) is 5.75 Å². The van der Waals surface area contributed by atoms with Crippen LogP contribution in [0.2, 0.25) is 5.02 Å². The van der Waals surface area contributed by atoms with E-state index in [1.165, 1.54) is 29.8 Å². The van der Waals surface area contributed by atoms with Crippen LogP contribution in [-0.2, 0) is 4.74 Å². The number of amides is 2. The molecule has 9 heteroatoms. The van der Waals surface area contributed by atoms with Crippen molar-refractivity contribution >= 4 is 29.0 Å². The fraction of sp³-hybridized carbons (Fsp3) is 0.269. The zero-order chi connectivity index (χ0) is 26.4. The maximum atomic E-state index is 12.7. The van der Waals surface area contributed by atoms with Crippen molar-refractivity contribution in [2.75, 3.05) is 37.6 Å². The SMILES string of the molecule is CCN(C(=O)N(C)c1ccc(C)cc1)c1ccc(Cl)cc1.COC.FC(F)(F)Oc1ccccc1. The molecule has 0 saturated heterocycles. The predicted octanol–water partition coefficient (Wildman–Crippen LogP) is 7.58. The number of alkyl halides is 3. The van der Waals surface area contributed by atoms with Gasteiger partial charge in [0.05, 0.1) is 0 Å². The molecule has 5 nitrogen and oxygen atoms in total. The lowest BCUT2D eigenvalue weighted by atomic mass is 10.2. The topological polar surface area (TPSA) is 42.0 Å². The molecule has 0 spiro atoms. The minimum atomic E-state index is -4.60. The van der Waals surface area contributed by atoms with Gasteiger partial charge < -0.3 is 9.47 Å². The number of ether oxygens (including phenoxy) is 2. The van der Waals surface area contributed by atoms with Crippen molar-refractivity contribution in [3.8, 4) is 5.75 Å². The van der Waals surface area contributed by atoms with Crippen molar-refractivity contribution in [3.63, 3.8) is 0 Å². The van der Waals surface area contributed by atoms with Gasteiger partial charge in [-0.05, 0) is 62.4 Å². The molecule has 0 saturated carbocycles. The smallest absolute Gasteiger partial charge is 0.406 e. The summed E-state index contributed by atoms with van der Waals surface area (Å²) in [6.07, 6.45) is -4.60. The van der Waals surface area contributed by atoms with Gasteiger partial charge in [0.2, 0.25) is 0 Å². The van der Waals surface area contributed by atoms with Crippen LogP contribution in [0.4, 0.5) is 29.3 Å². The Balaban J connectivity index is 0.000000366. The van der Waals surface area contributed by atoms with E-state index in [1.54, 1.807) is 49.3 Å². The van der Waals surface area contributed by atoms with Gasteiger partial charge in [-0.1, -0.05) is 47.5 Å². The van der Waals surface area contributed by atoms with Crippen LogP contribution in [0.1, 0.15) is 12.5 Å². The Morgan fingerprint density at radius 1 is 0.886 bits per heavy atom. The van der Waals surface area contributed by atoms with Gasteiger partial charge in [0.15, 0.2) is 0 Å². The van der Waals surface area contributed by atoms with Crippen LogP contribution in [0, 0.1) is 6.92 Å². The Bertz CT molecular complexity index is 999. The van der Waals surface area contributed by atoms with Crippen LogP contribution >= 0.6 is 11.6 Å². The molecule has 2 amide bonds. The van der Waals surface area contributed by atoms with E-state index in [0.717, 1.165) is 11.4 Å². The number of hydrogen-bond donors (Lipinski definition) is 0. The maximum Gasteiger partial charge on any atom is 0.573 e. The van der Waals surface area contributed by atoms with Crippen LogP contribution in [0.15, 0.2) is 78.9 Å². The maximum absolute atomic E-state index is 12.7. The van der Waals surface area contributed by atoms with Gasteiger partial charge in [0.25, 0.3) is 0 Å². The number of methoxy groups -OCH3 is 1. The summed E-state index contributed by atoms with van der Waals surface area (Å²) in [4.78, 5) is 16.0. The number of carbonyl (C=O) groups is 1. The third kappa shape index (κ3) is 11.2. The molecule has 3 rings (SSSR count). The van der Waals surface area contributed by atoms with Crippen molar-refractivity contribution in [2.24, 2.45) is 0 Å². The van der Waals surface area contributed by atoms with Gasteiger partial charge in [0, 0.05) is 44.2 Å². The lowest BCUT2D eigenvalue weighted by Gasteiger charge is -2.27. The number of para-hydroxylation sites is 1. The Labute approximate surface area is 209 Å². The number of rotatable bonds is 4. The molecule has 35 heavy (non-hydrogen) atoms. The minimum Gasteiger partial charge on any atom is -0.406 e. The predicted molar refractivity (Wildman–Crippen MR) is 136 cm³/mol. The first-order chi connectivity index (χ1) is 16.5. The number of aryl methyl sites for hydroxylation is 1. The summed E-state index contributed by atoms with van der Waals surface area (Å²) >= 11 is 5.90. The second kappa shape index (κ2) is 14.9. The molecular weight excluding hydrogens is 481 g/mol. The molecule has 0 unspecified atom stereocenters. The molecule has 0 fully saturated rings. The molecule has 0 aromatic heterocycles. The largest absolute Gasteiger partial charge is 0.573 e. The molecule has 0 aliphatic rings. The normalized spacial score (nSPS) is 10.2. The van der Waals surface area contributed by atoms with Crippen LogP contribution in [0.25, 0.3) is 0 Å². The number of benzene rings is 3. The van der Waals surface area contributed by atoms with Crippen LogP contribution in [0.3, 0.4) is 0 Å². The highest BCUT2D eigenvalue weighted by Gasteiger charge is 2.30. The molecular formula is C26H30ClF3N2O3. The van der Waals surface area contributed by atoms with E-state index in [4.69, 9.17) is 11.6 Å². The first kappa shape index (κ1) is 29.8. The number of anilines is 2. The monoisotopic (exact) mass is 510 g/mol. The first-order valence-corrected chi connectivity index (χ1v) is 11.0. The van der Waals surface area contributed by atoms with Crippen molar-refractivity contribution in [1.29, 1.82) is 0 Å². The fourth-order valence-electron chi connectivity index (χ4n) is 2.73. The second-order valence-corrected chi connectivity index (χ2v) is 7.60. The highest BCUT2D eigenvalue weighted by atomic mass is 35.5. The molecule has 3 aromatic rings. The fourth-order valence-corrected chi connectivity index (χ4v) is 2.86. The summed E-state index contributed by atoms with van der Waals surface area (Å²) in [6.45, 7) is 4.57. The molecule has 0 radical (unpaired) electrons. The Morgan fingerprint density at radius 2 is 1.37 bits per heavy atom. The molecule has 0 bridgehead atoms. The van der Waals surface area contributed by atoms with Crippen LogP contribution in [-0.4, -0.2) is 40.2 Å². The Morgan fingerprint density at radius 3 is 1.83 bits per heavy atom. The number of hydrogen-bond acceptors (Lipinski definition) is 3. The number of urea groups is 1. The summed E-state index contributed by atoms with van der Waals surface area (Å²) in [7, 11) is 5.03. The van der Waals surface area contributed by atoms with E-state index in [9.17, 15) is 18.0 Å². The van der Waals surface area contributed by atoms with Crippen molar-refractivity contribution in [1.82, 2.24) is 0 Å². The molecule has 0 aliphatic heterocycles. The lowest BCUT2D eigenvalue weighted by molar-refractivity contribution is -0.274. The van der Waals surface area contributed by atoms with E-state index >= 15 is 0 Å². The molecule has 0 atom stereocenters. The third-order valence-corrected chi connectivity index (χ3v) is 4.62. The molecule has 0 heterocycles. The number of nitrogens with zero attached hydrogens (tertiary/aromatic N) is 2. The average molecular weight is 511 g/mol. The summed E-state index contributed by atoms with van der Waals surface area (Å²) in [6, 6.07) is 22.2. The van der Waals surface area contributed by atoms with Gasteiger partial charge in [0.1, 0.15) is 5.75 Å². The molecule has 0 aliphatic carbocycles. The van der Waals surface area contributed by atoms with Gasteiger partial charge in [-0.3, -0.25) is 9.80 Å². The number of halogens is 4. The Kier molecular flexibility index (Phi) is 12.7. The quantitative estimate of drug-likeness (QED) is 0.363. The van der Waals surface area contributed by atoms with E-state index in [1.807, 2.05) is 50.2 Å². The van der Waals surface area contributed by atoms with E-state index in [2.05, 4.69) is 9.47 Å². The zero-order valence-corrected chi connectivity index (χ0v) is 21.1. The van der Waals surface area contributed by atoms with Crippen molar-refractivity contribution < 1.29 is 27.4 Å². The summed E-state index contributed by atoms with van der Waals surface area (Å²) in [5.74, 6) is -0.194. The van der Waals surface area contributed by atoms with Gasteiger partial charge in [-0.2, -0.15) is 0 Å². The summed E-state index contributed by atoms with van der Waals surface area (Å²) < 4.78 is 42.4. The van der Waals surface area contributed by atoms with Crippen LogP contribution < -0.4 is 14.5 Å². The molecule has 0 N–H and O–H groups in total. The minimum absolute atomic E-state index is 0.0660. The van der Waals surface area contributed by atoms with Gasteiger partial charge in [-0.15, -0.1) is 13.2 Å². The standard InChI is InChI=1S/C17H19ClN2O.C7H5F3O.C2H6O/c1-4-20(16-11-7-14(18)8-12-16)17(21)19(3)15-9-5-13(2)6-10-15;8-7(9,10)11-6-4-2-1-3-5-6;1-3-2/h5-12H,4H2,1-3H3;1-5H;1-2H3. The van der Waals surface area contributed by atoms with E-state index in [-0.39, 0.29) is 11.8 Å². The Hall–Kier alpha value is -3.23. The van der Waals surface area contributed by atoms with Gasteiger partial charge in [-0.25, -0.2) is 4.79 Å². The zero-order valence-electron chi connectivity index (χ0n) is 20.3. The highest BCUT2D eigenvalue weighted by molar-refractivity contribution is 6.30. The third-order valence-electron chi connectivity index (χ3n) is 4.37. The molecule has 3 aromatic carbocycles. The highest BCUT2D eigenvalue weighted by Crippen LogP contribution is 2.22. The summed E-state index contributed by atoms with van der Waals surface area (Å²) in [5, 5.41) is 0.661. The van der Waals surface area contributed by atoms with Crippen molar-refractivity contribution in [3.05, 3.63) is 89.4 Å². The lowest BCUT2D eigenvalue weighted by Crippen LogP contribution is -2.41. The second-order valence-electron chi connectivity index (χ2n) is 7.17. The summed E-state index contributed by atoms with van der Waals surface area (Å²) in [5.41, 5.74) is 2.88. The van der Waals surface area contributed by atoms with E-state index < -0.39 is 6.36 Å². The van der Waals surface area contributed by atoms with Crippen molar-refractivity contribution in [2.45, 2.75) is 20.2 Å². The van der Waals surface area contributed by atoms with Gasteiger partial charge >= 0.3 is 12.4 Å². The molecule has 190 valence electrons. The van der Waals surface area contributed by atoms with E-state index in [0.29, 0.717) is 11.6 Å². The average Bonchev–Trinajstić information content (AvgIpc) is 2.81. The first-order valence-electron chi connectivity index (χ1n) is 10.6. The number of carbonyl (C=O) groups excluding carboxylic acids is 1.